The highest BCUT2D eigenvalue weighted by atomic mass is 16.5. The summed E-state index contributed by atoms with van der Waals surface area (Å²) in [5.74, 6) is 0.860. The van der Waals surface area contributed by atoms with Gasteiger partial charge in [-0.05, 0) is 42.2 Å². The van der Waals surface area contributed by atoms with E-state index in [0.717, 1.165) is 29.7 Å². The number of benzene rings is 1. The summed E-state index contributed by atoms with van der Waals surface area (Å²) in [6, 6.07) is 6.21. The van der Waals surface area contributed by atoms with Gasteiger partial charge in [-0.25, -0.2) is 0 Å². The average molecular weight is 330 g/mol. The smallest absolute Gasteiger partial charge is 0.126 e. The van der Waals surface area contributed by atoms with Crippen molar-refractivity contribution in [2.45, 2.75) is 47.5 Å². The Morgan fingerprint density at radius 3 is 2.38 bits per heavy atom. The Balaban J connectivity index is 0. The second-order valence-corrected chi connectivity index (χ2v) is 4.41. The van der Waals surface area contributed by atoms with E-state index in [-0.39, 0.29) is 0 Å². The molecule has 0 bridgehead atoms. The summed E-state index contributed by atoms with van der Waals surface area (Å²) >= 11 is 0. The van der Waals surface area contributed by atoms with Gasteiger partial charge in [0.05, 0.1) is 7.11 Å². The summed E-state index contributed by atoms with van der Waals surface area (Å²) in [7, 11) is 3.45. The minimum atomic E-state index is 0.860. The minimum absolute atomic E-state index is 0.860. The third-order valence-electron chi connectivity index (χ3n) is 2.89. The van der Waals surface area contributed by atoms with Gasteiger partial charge >= 0.3 is 0 Å². The molecule has 0 saturated carbocycles. The molecule has 0 aromatic heterocycles. The second-order valence-electron chi connectivity index (χ2n) is 4.41. The van der Waals surface area contributed by atoms with E-state index in [2.05, 4.69) is 42.8 Å². The third kappa shape index (κ3) is 9.83. The van der Waals surface area contributed by atoms with Crippen LogP contribution in [-0.4, -0.2) is 20.4 Å². The molecule has 1 aromatic carbocycles. The molecule has 0 aliphatic carbocycles. The molecule has 0 spiro atoms. The normalized spacial score (nSPS) is 10.3. The molecule has 0 aliphatic rings. The van der Waals surface area contributed by atoms with Gasteiger partial charge in [-0.1, -0.05) is 65.5 Å². The fourth-order valence-corrected chi connectivity index (χ4v) is 1.83. The fourth-order valence-electron chi connectivity index (χ4n) is 1.83. The van der Waals surface area contributed by atoms with E-state index in [9.17, 15) is 0 Å². The van der Waals surface area contributed by atoms with Gasteiger partial charge in [-0.15, -0.1) is 0 Å². The molecule has 0 unspecified atom stereocenters. The van der Waals surface area contributed by atoms with Crippen molar-refractivity contribution in [1.82, 2.24) is 0 Å². The summed E-state index contributed by atoms with van der Waals surface area (Å²) < 4.78 is 5.41. The van der Waals surface area contributed by atoms with Crippen LogP contribution in [0.1, 0.15) is 52.2 Å². The molecular weight excluding hydrogens is 294 g/mol. The molecule has 0 fully saturated rings. The van der Waals surface area contributed by atoms with Gasteiger partial charge in [0.25, 0.3) is 0 Å². The van der Waals surface area contributed by atoms with E-state index < -0.39 is 0 Å². The standard InChI is InChI=1S/C18H23NO.2C2H6/c1-5-6-9-15(2)17-14-16(10-7-8-13-19-3)11-12-18(17)20-4;2*1-2/h6-9,11-14H,2,5,10H2,1,3-4H3;2*1-2H3/b8-7-,9-6-,19-13?;;. The maximum absolute atomic E-state index is 5.41. The SMILES string of the molecule is C=C(/C=C\CC)c1cc(C/C=C\C=NC)ccc1OC.CC.CC. The third-order valence-corrected chi connectivity index (χ3v) is 2.89. The zero-order valence-corrected chi connectivity index (χ0v) is 16.6. The van der Waals surface area contributed by atoms with Gasteiger partial charge in [0.2, 0.25) is 0 Å². The van der Waals surface area contributed by atoms with Crippen molar-refractivity contribution in [3.63, 3.8) is 0 Å². The molecule has 2 heteroatoms. The van der Waals surface area contributed by atoms with Crippen LogP contribution in [0.3, 0.4) is 0 Å². The molecule has 1 rings (SSSR count). The Morgan fingerprint density at radius 1 is 1.17 bits per heavy atom. The van der Waals surface area contributed by atoms with Gasteiger partial charge in [-0.3, -0.25) is 4.99 Å². The zero-order chi connectivity index (χ0) is 18.8. The van der Waals surface area contributed by atoms with Crippen LogP contribution in [0.25, 0.3) is 5.57 Å². The van der Waals surface area contributed by atoms with Crippen LogP contribution in [0.15, 0.2) is 54.1 Å². The van der Waals surface area contributed by atoms with Gasteiger partial charge < -0.3 is 4.74 Å². The second kappa shape index (κ2) is 17.3. The first-order valence-electron chi connectivity index (χ1n) is 8.83. The van der Waals surface area contributed by atoms with Crippen LogP contribution in [0.2, 0.25) is 0 Å². The number of ether oxygens (including phenoxy) is 1. The Morgan fingerprint density at radius 2 is 1.83 bits per heavy atom. The molecular formula is C22H35NO. The zero-order valence-electron chi connectivity index (χ0n) is 16.6. The lowest BCUT2D eigenvalue weighted by molar-refractivity contribution is 0.413. The van der Waals surface area contributed by atoms with Crippen molar-refractivity contribution in [3.8, 4) is 5.75 Å². The molecule has 24 heavy (non-hydrogen) atoms. The number of allylic oxidation sites excluding steroid dienone is 5. The topological polar surface area (TPSA) is 21.6 Å². The number of aliphatic imine (C=N–C) groups is 1. The molecule has 134 valence electrons. The maximum Gasteiger partial charge on any atom is 0.126 e. The van der Waals surface area contributed by atoms with Crippen molar-refractivity contribution in [2.75, 3.05) is 14.2 Å². The summed E-state index contributed by atoms with van der Waals surface area (Å²) in [5.41, 5.74) is 3.25. The minimum Gasteiger partial charge on any atom is -0.496 e. The van der Waals surface area contributed by atoms with E-state index in [1.54, 1.807) is 20.4 Å². The fraction of sp³-hybridized carbons (Fsp3) is 0.409. The maximum atomic E-state index is 5.41. The van der Waals surface area contributed by atoms with Crippen LogP contribution >= 0.6 is 0 Å². The Hall–Kier alpha value is -2.09. The molecule has 0 aliphatic heterocycles. The van der Waals surface area contributed by atoms with Crippen LogP contribution in [0.4, 0.5) is 0 Å². The largest absolute Gasteiger partial charge is 0.496 e. The van der Waals surface area contributed by atoms with Crippen LogP contribution < -0.4 is 4.74 Å². The van der Waals surface area contributed by atoms with Crippen LogP contribution in [0, 0.1) is 0 Å². The lowest BCUT2D eigenvalue weighted by Crippen LogP contribution is -1.92. The molecule has 0 heterocycles. The van der Waals surface area contributed by atoms with E-state index in [1.165, 1.54) is 5.56 Å². The first-order chi connectivity index (χ1) is 11.7. The predicted octanol–water partition coefficient (Wildman–Crippen LogP) is 6.53. The molecule has 2 nitrogen and oxygen atoms in total. The van der Waals surface area contributed by atoms with Gasteiger partial charge in [0.1, 0.15) is 5.75 Å². The number of nitrogens with zero attached hydrogens (tertiary/aromatic N) is 1. The molecule has 0 saturated heterocycles. The van der Waals surface area contributed by atoms with Gasteiger partial charge in [-0.2, -0.15) is 0 Å². The Labute approximate surface area is 149 Å². The molecule has 1 aromatic rings. The molecule has 0 atom stereocenters. The van der Waals surface area contributed by atoms with Crippen molar-refractivity contribution in [3.05, 3.63) is 60.2 Å². The van der Waals surface area contributed by atoms with E-state index >= 15 is 0 Å². The highest BCUT2D eigenvalue weighted by Crippen LogP contribution is 2.27. The van der Waals surface area contributed by atoms with Crippen molar-refractivity contribution >= 4 is 11.8 Å². The van der Waals surface area contributed by atoms with Crippen molar-refractivity contribution in [2.24, 2.45) is 4.99 Å². The highest BCUT2D eigenvalue weighted by Gasteiger charge is 2.05. The quantitative estimate of drug-likeness (QED) is 0.412. The van der Waals surface area contributed by atoms with E-state index in [4.69, 9.17) is 4.74 Å². The van der Waals surface area contributed by atoms with Crippen LogP contribution in [0.5, 0.6) is 5.75 Å². The lowest BCUT2D eigenvalue weighted by Gasteiger charge is -2.10. The number of methoxy groups -OCH3 is 1. The van der Waals surface area contributed by atoms with Crippen molar-refractivity contribution < 1.29 is 4.74 Å². The summed E-state index contributed by atoms with van der Waals surface area (Å²) in [4.78, 5) is 3.92. The van der Waals surface area contributed by atoms with E-state index in [0.29, 0.717) is 0 Å². The van der Waals surface area contributed by atoms with Crippen molar-refractivity contribution in [1.29, 1.82) is 0 Å². The predicted molar refractivity (Wildman–Crippen MR) is 111 cm³/mol. The molecule has 0 amide bonds. The Kier molecular flexibility index (Phi) is 17.4. The number of hydrogen-bond acceptors (Lipinski definition) is 2. The summed E-state index contributed by atoms with van der Waals surface area (Å²) in [6.45, 7) is 14.2. The van der Waals surface area contributed by atoms with E-state index in [1.807, 2.05) is 45.9 Å². The van der Waals surface area contributed by atoms with Gasteiger partial charge in [0.15, 0.2) is 0 Å². The summed E-state index contributed by atoms with van der Waals surface area (Å²) in [5, 5.41) is 0. The highest BCUT2D eigenvalue weighted by molar-refractivity contribution is 5.76. The van der Waals surface area contributed by atoms with Crippen LogP contribution in [-0.2, 0) is 6.42 Å². The number of hydrogen-bond donors (Lipinski definition) is 0. The molecule has 0 N–H and O–H groups in total. The lowest BCUT2D eigenvalue weighted by atomic mass is 10.0. The monoisotopic (exact) mass is 329 g/mol. The summed E-state index contributed by atoms with van der Waals surface area (Å²) in [6.07, 6.45) is 11.8. The number of rotatable bonds is 7. The molecule has 0 radical (unpaired) electrons. The van der Waals surface area contributed by atoms with Gasteiger partial charge in [0, 0.05) is 18.8 Å². The first kappa shape index (κ1) is 24.2. The Bertz CT molecular complexity index is 525. The first-order valence-corrected chi connectivity index (χ1v) is 8.83. The average Bonchev–Trinajstić information content (AvgIpc) is 2.66.